The summed E-state index contributed by atoms with van der Waals surface area (Å²) in [5.41, 5.74) is 1.36. The van der Waals surface area contributed by atoms with Gasteiger partial charge in [0.2, 0.25) is 0 Å². The van der Waals surface area contributed by atoms with Gasteiger partial charge in [-0.05, 0) is 37.0 Å². The Morgan fingerprint density at radius 2 is 1.73 bits per heavy atom. The molecule has 1 atom stereocenters. The van der Waals surface area contributed by atoms with Gasteiger partial charge in [-0.1, -0.05) is 48.5 Å². The summed E-state index contributed by atoms with van der Waals surface area (Å²) < 4.78 is 5.67. The van der Waals surface area contributed by atoms with Crippen molar-refractivity contribution in [3.8, 4) is 5.75 Å². The van der Waals surface area contributed by atoms with Gasteiger partial charge in [0.05, 0.1) is 19.2 Å². The molecule has 0 aromatic heterocycles. The zero-order valence-electron chi connectivity index (χ0n) is 12.8. The molecule has 3 rings (SSSR count). The van der Waals surface area contributed by atoms with Gasteiger partial charge in [-0.15, -0.1) is 0 Å². The van der Waals surface area contributed by atoms with Crippen LogP contribution in [0.4, 0.5) is 0 Å². The van der Waals surface area contributed by atoms with E-state index in [0.717, 1.165) is 38.2 Å². The lowest BCUT2D eigenvalue weighted by atomic mass is 10.2. The first-order valence-electron chi connectivity index (χ1n) is 7.95. The van der Waals surface area contributed by atoms with Gasteiger partial charge in [0.15, 0.2) is 0 Å². The van der Waals surface area contributed by atoms with Crippen molar-refractivity contribution in [2.45, 2.75) is 25.3 Å². The second-order valence-electron chi connectivity index (χ2n) is 5.50. The maximum atomic E-state index is 5.67. The summed E-state index contributed by atoms with van der Waals surface area (Å²) in [6.07, 6.45) is 5.21. The molecule has 2 aromatic carbocycles. The van der Waals surface area contributed by atoms with Gasteiger partial charge in [0.25, 0.3) is 0 Å². The summed E-state index contributed by atoms with van der Waals surface area (Å²) in [6.45, 7) is 1.81. The molecule has 1 saturated heterocycles. The van der Waals surface area contributed by atoms with Gasteiger partial charge in [0.1, 0.15) is 5.75 Å². The molecule has 3 nitrogen and oxygen atoms in total. The molecule has 2 aromatic rings. The van der Waals surface area contributed by atoms with E-state index in [4.69, 9.17) is 4.74 Å². The summed E-state index contributed by atoms with van der Waals surface area (Å²) in [7, 11) is 0. The van der Waals surface area contributed by atoms with Gasteiger partial charge in [0, 0.05) is 6.21 Å². The van der Waals surface area contributed by atoms with Crippen LogP contribution >= 0.6 is 0 Å². The van der Waals surface area contributed by atoms with Crippen LogP contribution in [0, 0.1) is 0 Å². The Balaban J connectivity index is 1.27. The second kappa shape index (κ2) is 7.64. The van der Waals surface area contributed by atoms with E-state index in [1.165, 1.54) is 5.56 Å². The fourth-order valence-corrected chi connectivity index (χ4v) is 2.42. The van der Waals surface area contributed by atoms with Crippen LogP contribution in [-0.4, -0.2) is 24.4 Å². The summed E-state index contributed by atoms with van der Waals surface area (Å²) in [6, 6.07) is 21.0. The number of benzene rings is 2. The van der Waals surface area contributed by atoms with Gasteiger partial charge in [-0.2, -0.15) is 5.10 Å². The Labute approximate surface area is 132 Å². The highest BCUT2D eigenvalue weighted by Gasteiger charge is 2.33. The zero-order chi connectivity index (χ0) is 15.0. The Hall–Kier alpha value is -2.29. The highest BCUT2D eigenvalue weighted by molar-refractivity contribution is 5.57. The number of para-hydroxylation sites is 1. The maximum Gasteiger partial charge on any atom is 0.119 e. The Morgan fingerprint density at radius 1 is 1.00 bits per heavy atom. The first kappa shape index (κ1) is 14.6. The largest absolute Gasteiger partial charge is 0.494 e. The van der Waals surface area contributed by atoms with Gasteiger partial charge in [-0.3, -0.25) is 5.01 Å². The number of unbranched alkanes of at least 4 members (excludes halogenated alkanes) is 2. The fraction of sp³-hybridized carbons (Fsp3) is 0.316. The maximum absolute atomic E-state index is 5.67. The first-order valence-corrected chi connectivity index (χ1v) is 7.95. The highest BCUT2D eigenvalue weighted by atomic mass is 16.5. The number of hydrogen-bond acceptors (Lipinski definition) is 3. The lowest BCUT2D eigenvalue weighted by Crippen LogP contribution is -1.97. The van der Waals surface area contributed by atoms with Crippen molar-refractivity contribution in [1.82, 2.24) is 5.01 Å². The van der Waals surface area contributed by atoms with E-state index in [1.54, 1.807) is 0 Å². The molecule has 0 aliphatic carbocycles. The molecule has 22 heavy (non-hydrogen) atoms. The van der Waals surface area contributed by atoms with Gasteiger partial charge in [-0.25, -0.2) is 0 Å². The number of ether oxygens (including phenoxy) is 1. The van der Waals surface area contributed by atoms with Crippen LogP contribution < -0.4 is 4.74 Å². The summed E-state index contributed by atoms with van der Waals surface area (Å²) in [5, 5.41) is 6.65. The molecular formula is C19H22N2O. The minimum atomic E-state index is 0.485. The standard InChI is InChI=1S/C19H22N2O/c1-4-10-17(11-5-1)19-16-21(19)20-14-8-3-9-15-22-18-12-6-2-7-13-18/h1-2,4-7,10-14,19H,3,8-9,15-16H2/b20-14+. The number of hydrazone groups is 1. The molecule has 0 saturated carbocycles. The van der Waals surface area contributed by atoms with E-state index < -0.39 is 0 Å². The van der Waals surface area contributed by atoms with Crippen molar-refractivity contribution in [3.05, 3.63) is 66.2 Å². The quantitative estimate of drug-likeness (QED) is 0.412. The number of nitrogens with zero attached hydrogens (tertiary/aromatic N) is 2. The molecule has 1 aliphatic heterocycles. The van der Waals surface area contributed by atoms with Gasteiger partial charge < -0.3 is 4.74 Å². The van der Waals surface area contributed by atoms with Crippen molar-refractivity contribution >= 4 is 6.21 Å². The van der Waals surface area contributed by atoms with Crippen LogP contribution in [-0.2, 0) is 0 Å². The van der Waals surface area contributed by atoms with E-state index in [1.807, 2.05) is 36.5 Å². The minimum absolute atomic E-state index is 0.485. The van der Waals surface area contributed by atoms with Crippen molar-refractivity contribution in [2.24, 2.45) is 5.10 Å². The summed E-state index contributed by atoms with van der Waals surface area (Å²) in [4.78, 5) is 0. The molecule has 0 amide bonds. The first-order chi connectivity index (χ1) is 10.9. The number of hydrogen-bond donors (Lipinski definition) is 0. The molecule has 0 spiro atoms. The second-order valence-corrected chi connectivity index (χ2v) is 5.50. The molecule has 0 bridgehead atoms. The van der Waals surface area contributed by atoms with Crippen LogP contribution in [0.25, 0.3) is 0 Å². The van der Waals surface area contributed by atoms with Crippen LogP contribution in [0.5, 0.6) is 5.75 Å². The zero-order valence-corrected chi connectivity index (χ0v) is 12.8. The third-order valence-electron chi connectivity index (χ3n) is 3.74. The minimum Gasteiger partial charge on any atom is -0.494 e. The van der Waals surface area contributed by atoms with Crippen molar-refractivity contribution in [2.75, 3.05) is 13.2 Å². The van der Waals surface area contributed by atoms with E-state index in [-0.39, 0.29) is 0 Å². The third kappa shape index (κ3) is 4.35. The predicted molar refractivity (Wildman–Crippen MR) is 90.2 cm³/mol. The van der Waals surface area contributed by atoms with Crippen molar-refractivity contribution < 1.29 is 4.74 Å². The van der Waals surface area contributed by atoms with Crippen LogP contribution in [0.3, 0.4) is 0 Å². The normalized spacial score (nSPS) is 16.9. The van der Waals surface area contributed by atoms with Crippen LogP contribution in [0.15, 0.2) is 65.8 Å². The Kier molecular flexibility index (Phi) is 5.09. The predicted octanol–water partition coefficient (Wildman–Crippen LogP) is 4.28. The molecule has 1 unspecified atom stereocenters. The van der Waals surface area contributed by atoms with Crippen LogP contribution in [0.2, 0.25) is 0 Å². The monoisotopic (exact) mass is 294 g/mol. The Bertz CT molecular complexity index is 583. The molecular weight excluding hydrogens is 272 g/mol. The molecule has 3 heteroatoms. The molecule has 114 valence electrons. The smallest absolute Gasteiger partial charge is 0.119 e. The molecule has 1 heterocycles. The average Bonchev–Trinajstić information content (AvgIpc) is 3.35. The highest BCUT2D eigenvalue weighted by Crippen LogP contribution is 2.34. The molecule has 0 radical (unpaired) electrons. The van der Waals surface area contributed by atoms with Gasteiger partial charge >= 0.3 is 0 Å². The molecule has 1 fully saturated rings. The lowest BCUT2D eigenvalue weighted by molar-refractivity contribution is 0.308. The van der Waals surface area contributed by atoms with E-state index in [2.05, 4.69) is 40.4 Å². The third-order valence-corrected chi connectivity index (χ3v) is 3.74. The SMILES string of the molecule is C(/CCCCOc1ccccc1)=N\N1CC1c1ccccc1. The average molecular weight is 294 g/mol. The van der Waals surface area contributed by atoms with E-state index >= 15 is 0 Å². The number of rotatable bonds is 8. The fourth-order valence-electron chi connectivity index (χ4n) is 2.42. The summed E-state index contributed by atoms with van der Waals surface area (Å²) in [5.74, 6) is 0.950. The molecule has 0 N–H and O–H groups in total. The lowest BCUT2D eigenvalue weighted by Gasteiger charge is -2.04. The molecule has 1 aliphatic rings. The van der Waals surface area contributed by atoms with E-state index in [9.17, 15) is 0 Å². The van der Waals surface area contributed by atoms with Crippen molar-refractivity contribution in [3.63, 3.8) is 0 Å². The van der Waals surface area contributed by atoms with Crippen LogP contribution in [0.1, 0.15) is 30.9 Å². The van der Waals surface area contributed by atoms with E-state index in [0.29, 0.717) is 6.04 Å². The summed E-state index contributed by atoms with van der Waals surface area (Å²) >= 11 is 0. The van der Waals surface area contributed by atoms with Crippen molar-refractivity contribution in [1.29, 1.82) is 0 Å². The Morgan fingerprint density at radius 3 is 2.50 bits per heavy atom. The topological polar surface area (TPSA) is 24.6 Å².